The van der Waals surface area contributed by atoms with E-state index in [9.17, 15) is 5.11 Å². The molecule has 1 aliphatic rings. The zero-order valence-electron chi connectivity index (χ0n) is 18.9. The van der Waals surface area contributed by atoms with E-state index in [0.717, 1.165) is 35.2 Å². The second-order valence-electron chi connectivity index (χ2n) is 9.54. The summed E-state index contributed by atoms with van der Waals surface area (Å²) in [6.45, 7) is 6.00. The molecule has 1 atom stereocenters. The summed E-state index contributed by atoms with van der Waals surface area (Å²) in [6.07, 6.45) is 9.30. The smallest absolute Gasteiger partial charge is 0.261 e. The fraction of sp³-hybridized carbons (Fsp3) is 0.375. The lowest BCUT2D eigenvalue weighted by Crippen LogP contribution is -2.28. The molecule has 1 saturated carbocycles. The molecule has 0 aromatic carbocycles. The van der Waals surface area contributed by atoms with E-state index in [-0.39, 0.29) is 0 Å². The Morgan fingerprint density at radius 1 is 1.06 bits per heavy atom. The predicted octanol–water partition coefficient (Wildman–Crippen LogP) is 3.46. The van der Waals surface area contributed by atoms with Crippen LogP contribution >= 0.6 is 0 Å². The average Bonchev–Trinajstić information content (AvgIpc) is 3.35. The predicted molar refractivity (Wildman–Crippen MR) is 123 cm³/mol. The molecule has 9 heteroatoms. The topological polar surface area (TPSA) is 129 Å². The van der Waals surface area contributed by atoms with Gasteiger partial charge < -0.3 is 15.4 Å². The minimum atomic E-state index is -0.866. The van der Waals surface area contributed by atoms with Gasteiger partial charge in [0.25, 0.3) is 5.89 Å². The fourth-order valence-corrected chi connectivity index (χ4v) is 4.15. The molecule has 33 heavy (non-hydrogen) atoms. The Morgan fingerprint density at radius 2 is 1.88 bits per heavy atom. The Hall–Kier alpha value is -3.59. The van der Waals surface area contributed by atoms with Crippen LogP contribution in [0.5, 0.6) is 0 Å². The van der Waals surface area contributed by atoms with Crippen LogP contribution in [0.25, 0.3) is 22.7 Å². The highest BCUT2D eigenvalue weighted by Gasteiger charge is 2.47. The Balaban J connectivity index is 1.43. The van der Waals surface area contributed by atoms with Crippen molar-refractivity contribution in [2.75, 3.05) is 5.73 Å². The standard InChI is InChI=1S/C24H27N7O2/c1-23(2,32)14-31-13-16(11-28-31)21-29-22(30-33-21)24(3,17-5-6-17)18-7-8-19(26-12-18)15-4-9-20(25)27-10-15/h4,7-13,17,32H,5-6,14H2,1-3H3,(H2,25,27)/t24-/m1/s1. The van der Waals surface area contributed by atoms with Gasteiger partial charge >= 0.3 is 0 Å². The van der Waals surface area contributed by atoms with Crippen LogP contribution in [0.4, 0.5) is 5.82 Å². The van der Waals surface area contributed by atoms with Gasteiger partial charge in [-0.15, -0.1) is 0 Å². The number of anilines is 1. The normalized spacial score (nSPS) is 16.0. The summed E-state index contributed by atoms with van der Waals surface area (Å²) in [5, 5.41) is 18.7. The minimum absolute atomic E-state index is 0.370. The second-order valence-corrected chi connectivity index (χ2v) is 9.54. The first-order chi connectivity index (χ1) is 15.7. The molecule has 9 nitrogen and oxygen atoms in total. The molecule has 0 spiro atoms. The van der Waals surface area contributed by atoms with Crippen LogP contribution in [0, 0.1) is 5.92 Å². The fourth-order valence-electron chi connectivity index (χ4n) is 4.15. The molecule has 4 aromatic rings. The van der Waals surface area contributed by atoms with Crippen molar-refractivity contribution >= 4 is 5.82 Å². The van der Waals surface area contributed by atoms with Crippen molar-refractivity contribution in [3.8, 4) is 22.7 Å². The molecular formula is C24H27N7O2. The molecule has 3 N–H and O–H groups in total. The van der Waals surface area contributed by atoms with Crippen LogP contribution in [0.15, 0.2) is 53.6 Å². The number of nitrogen functional groups attached to an aromatic ring is 1. The van der Waals surface area contributed by atoms with Crippen molar-refractivity contribution in [1.82, 2.24) is 29.9 Å². The van der Waals surface area contributed by atoms with Gasteiger partial charge in [0.15, 0.2) is 5.82 Å². The number of rotatable bonds is 7. The molecule has 1 fully saturated rings. The van der Waals surface area contributed by atoms with Crippen molar-refractivity contribution in [3.05, 3.63) is 60.4 Å². The van der Waals surface area contributed by atoms with Crippen LogP contribution < -0.4 is 5.73 Å². The van der Waals surface area contributed by atoms with Gasteiger partial charge in [-0.05, 0) is 63.3 Å². The van der Waals surface area contributed by atoms with Gasteiger partial charge in [0.2, 0.25) is 0 Å². The molecule has 1 aliphatic carbocycles. The average molecular weight is 446 g/mol. The van der Waals surface area contributed by atoms with Crippen molar-refractivity contribution in [1.29, 1.82) is 0 Å². The number of hydrogen-bond donors (Lipinski definition) is 2. The number of hydrogen-bond acceptors (Lipinski definition) is 8. The van der Waals surface area contributed by atoms with Gasteiger partial charge in [0, 0.05) is 24.2 Å². The van der Waals surface area contributed by atoms with Crippen LogP contribution in [0.2, 0.25) is 0 Å². The first-order valence-electron chi connectivity index (χ1n) is 11.0. The van der Waals surface area contributed by atoms with E-state index in [4.69, 9.17) is 15.2 Å². The van der Waals surface area contributed by atoms with E-state index in [1.54, 1.807) is 43.2 Å². The quantitative estimate of drug-likeness (QED) is 0.442. The highest BCUT2D eigenvalue weighted by Crippen LogP contribution is 2.50. The van der Waals surface area contributed by atoms with Gasteiger partial charge in [-0.25, -0.2) is 4.98 Å². The summed E-state index contributed by atoms with van der Waals surface area (Å²) in [7, 11) is 0. The summed E-state index contributed by atoms with van der Waals surface area (Å²) in [4.78, 5) is 13.6. The third-order valence-electron chi connectivity index (χ3n) is 6.16. The lowest BCUT2D eigenvalue weighted by Gasteiger charge is -2.26. The number of aliphatic hydroxyl groups is 1. The van der Waals surface area contributed by atoms with E-state index in [2.05, 4.69) is 33.2 Å². The van der Waals surface area contributed by atoms with Crippen LogP contribution in [0.3, 0.4) is 0 Å². The summed E-state index contributed by atoms with van der Waals surface area (Å²) in [6, 6.07) is 7.75. The number of pyridine rings is 2. The Morgan fingerprint density at radius 3 is 2.52 bits per heavy atom. The summed E-state index contributed by atoms with van der Waals surface area (Å²) >= 11 is 0. The zero-order chi connectivity index (χ0) is 23.2. The number of aromatic nitrogens is 6. The van der Waals surface area contributed by atoms with Crippen molar-refractivity contribution in [2.24, 2.45) is 5.92 Å². The zero-order valence-corrected chi connectivity index (χ0v) is 18.9. The number of nitrogens with zero attached hydrogens (tertiary/aromatic N) is 6. The SMILES string of the molecule is CC(C)(O)Cn1cc(-c2nc([C@@](C)(c3ccc(-c4ccc(N)nc4)nc3)C3CC3)no2)cn1. The van der Waals surface area contributed by atoms with Gasteiger partial charge in [-0.3, -0.25) is 9.67 Å². The van der Waals surface area contributed by atoms with Crippen LogP contribution in [-0.2, 0) is 12.0 Å². The maximum atomic E-state index is 10.0. The molecule has 0 saturated heterocycles. The van der Waals surface area contributed by atoms with E-state index >= 15 is 0 Å². The van der Waals surface area contributed by atoms with Crippen molar-refractivity contribution < 1.29 is 9.63 Å². The monoisotopic (exact) mass is 445 g/mol. The lowest BCUT2D eigenvalue weighted by molar-refractivity contribution is 0.0577. The second kappa shape index (κ2) is 7.77. The van der Waals surface area contributed by atoms with Crippen molar-refractivity contribution in [2.45, 2.75) is 51.2 Å². The largest absolute Gasteiger partial charge is 0.389 e. The molecule has 0 amide bonds. The molecule has 0 radical (unpaired) electrons. The molecule has 0 bridgehead atoms. The molecule has 170 valence electrons. The van der Waals surface area contributed by atoms with Gasteiger partial charge in [-0.2, -0.15) is 10.1 Å². The first kappa shape index (κ1) is 21.3. The van der Waals surface area contributed by atoms with Gasteiger partial charge in [-0.1, -0.05) is 11.2 Å². The molecule has 4 aromatic heterocycles. The highest BCUT2D eigenvalue weighted by molar-refractivity contribution is 5.59. The molecule has 5 rings (SSSR count). The van der Waals surface area contributed by atoms with E-state index in [1.165, 1.54) is 0 Å². The van der Waals surface area contributed by atoms with Crippen molar-refractivity contribution in [3.63, 3.8) is 0 Å². The molecule has 0 unspecified atom stereocenters. The molecule has 0 aliphatic heterocycles. The first-order valence-corrected chi connectivity index (χ1v) is 11.0. The van der Waals surface area contributed by atoms with E-state index < -0.39 is 11.0 Å². The Bertz CT molecular complexity index is 1250. The van der Waals surface area contributed by atoms with Gasteiger partial charge in [0.05, 0.1) is 35.0 Å². The third-order valence-corrected chi connectivity index (χ3v) is 6.16. The summed E-state index contributed by atoms with van der Waals surface area (Å²) in [5.74, 6) is 1.96. The highest BCUT2D eigenvalue weighted by atomic mass is 16.5. The van der Waals surface area contributed by atoms with Gasteiger partial charge in [0.1, 0.15) is 5.82 Å². The number of nitrogens with two attached hydrogens (primary N) is 1. The van der Waals surface area contributed by atoms with E-state index in [1.807, 2.05) is 18.3 Å². The molecular weight excluding hydrogens is 418 g/mol. The molecule has 4 heterocycles. The third kappa shape index (κ3) is 4.23. The lowest BCUT2D eigenvalue weighted by atomic mass is 9.77. The Kier molecular flexibility index (Phi) is 5.01. The van der Waals surface area contributed by atoms with E-state index in [0.29, 0.717) is 30.0 Å². The minimum Gasteiger partial charge on any atom is -0.389 e. The van der Waals surface area contributed by atoms with Crippen LogP contribution in [-0.4, -0.2) is 40.6 Å². The Labute approximate surface area is 191 Å². The maximum Gasteiger partial charge on any atom is 0.261 e. The summed E-state index contributed by atoms with van der Waals surface area (Å²) in [5.41, 5.74) is 7.93. The maximum absolute atomic E-state index is 10.0. The summed E-state index contributed by atoms with van der Waals surface area (Å²) < 4.78 is 7.30. The van der Waals surface area contributed by atoms with Crippen LogP contribution in [0.1, 0.15) is 45.0 Å².